The van der Waals surface area contributed by atoms with Crippen LogP contribution in [-0.4, -0.2) is 11.0 Å². The van der Waals surface area contributed by atoms with Gasteiger partial charge in [0.1, 0.15) is 18.2 Å². The molecule has 0 unspecified atom stereocenters. The third-order valence-electron chi connectivity index (χ3n) is 2.80. The third-order valence-corrected chi connectivity index (χ3v) is 2.80. The van der Waals surface area contributed by atoms with Crippen LogP contribution in [0.15, 0.2) is 42.7 Å². The molecule has 106 valence electrons. The predicted octanol–water partition coefficient (Wildman–Crippen LogP) is 3.30. The van der Waals surface area contributed by atoms with Gasteiger partial charge in [-0.15, -0.1) is 0 Å². The highest BCUT2D eigenvalue weighted by atomic mass is 19.1. The monoisotopic (exact) mass is 274 g/mol. The summed E-state index contributed by atoms with van der Waals surface area (Å²) in [6.07, 6.45) is 2.78. The summed E-state index contributed by atoms with van der Waals surface area (Å²) in [6.45, 7) is 5.38. The number of hydrogen-bond acceptors (Lipinski definition) is 3. The van der Waals surface area contributed by atoms with Crippen molar-refractivity contribution in [1.82, 2.24) is 10.3 Å². The summed E-state index contributed by atoms with van der Waals surface area (Å²) < 4.78 is 18.6. The van der Waals surface area contributed by atoms with Crippen LogP contribution in [-0.2, 0) is 13.2 Å². The number of nitrogens with one attached hydrogen (secondary N) is 1. The highest BCUT2D eigenvalue weighted by molar-refractivity contribution is 5.27. The van der Waals surface area contributed by atoms with Gasteiger partial charge in [0.05, 0.1) is 6.20 Å². The first-order valence-electron chi connectivity index (χ1n) is 6.68. The maximum atomic E-state index is 13.0. The topological polar surface area (TPSA) is 34.1 Å². The van der Waals surface area contributed by atoms with Crippen molar-refractivity contribution in [3.63, 3.8) is 0 Å². The van der Waals surface area contributed by atoms with E-state index in [2.05, 4.69) is 24.1 Å². The number of rotatable bonds is 6. The molecule has 0 aliphatic rings. The average molecular weight is 274 g/mol. The van der Waals surface area contributed by atoms with Crippen LogP contribution >= 0.6 is 0 Å². The SMILES string of the molecule is CC(C)NCc1ccc(OCc2cncc(F)c2)cc1. The van der Waals surface area contributed by atoms with Crippen LogP contribution in [0.25, 0.3) is 0 Å². The second kappa shape index (κ2) is 7.01. The van der Waals surface area contributed by atoms with Gasteiger partial charge in [-0.25, -0.2) is 4.39 Å². The summed E-state index contributed by atoms with van der Waals surface area (Å²) in [5.74, 6) is 0.420. The first kappa shape index (κ1) is 14.5. The Kier molecular flexibility index (Phi) is 5.07. The highest BCUT2D eigenvalue weighted by Crippen LogP contribution is 2.14. The van der Waals surface area contributed by atoms with Crippen LogP contribution in [0.5, 0.6) is 5.75 Å². The molecule has 0 bridgehead atoms. The van der Waals surface area contributed by atoms with Gasteiger partial charge in [0.2, 0.25) is 0 Å². The Balaban J connectivity index is 1.87. The van der Waals surface area contributed by atoms with Crippen molar-refractivity contribution in [2.45, 2.75) is 33.0 Å². The maximum Gasteiger partial charge on any atom is 0.141 e. The van der Waals surface area contributed by atoms with Gasteiger partial charge in [-0.05, 0) is 23.8 Å². The Morgan fingerprint density at radius 3 is 2.55 bits per heavy atom. The molecule has 0 amide bonds. The molecule has 0 saturated carbocycles. The van der Waals surface area contributed by atoms with Crippen LogP contribution in [0.2, 0.25) is 0 Å². The van der Waals surface area contributed by atoms with Gasteiger partial charge in [0.15, 0.2) is 0 Å². The Morgan fingerprint density at radius 2 is 1.90 bits per heavy atom. The smallest absolute Gasteiger partial charge is 0.141 e. The molecule has 3 nitrogen and oxygen atoms in total. The number of benzene rings is 1. The van der Waals surface area contributed by atoms with Crippen molar-refractivity contribution >= 4 is 0 Å². The lowest BCUT2D eigenvalue weighted by molar-refractivity contribution is 0.305. The number of hydrogen-bond donors (Lipinski definition) is 1. The van der Waals surface area contributed by atoms with E-state index in [4.69, 9.17) is 4.74 Å². The van der Waals surface area contributed by atoms with Gasteiger partial charge in [-0.1, -0.05) is 26.0 Å². The molecule has 1 heterocycles. The number of nitrogens with zero attached hydrogens (tertiary/aromatic N) is 1. The van der Waals surface area contributed by atoms with Crippen LogP contribution in [0.3, 0.4) is 0 Å². The summed E-state index contributed by atoms with van der Waals surface area (Å²) in [5.41, 5.74) is 1.93. The molecule has 0 aliphatic carbocycles. The van der Waals surface area contributed by atoms with Crippen LogP contribution in [0.1, 0.15) is 25.0 Å². The molecule has 1 aromatic carbocycles. The van der Waals surface area contributed by atoms with Crippen LogP contribution in [0.4, 0.5) is 4.39 Å². The number of halogens is 1. The average Bonchev–Trinajstić information content (AvgIpc) is 2.44. The molecular weight excluding hydrogens is 255 g/mol. The van der Waals surface area contributed by atoms with Gasteiger partial charge >= 0.3 is 0 Å². The molecule has 1 aromatic heterocycles. The first-order valence-corrected chi connectivity index (χ1v) is 6.68. The zero-order valence-corrected chi connectivity index (χ0v) is 11.8. The standard InChI is InChI=1S/C16H19FN2O/c1-12(2)19-9-13-3-5-16(6-4-13)20-11-14-7-15(17)10-18-8-14/h3-8,10,12,19H,9,11H2,1-2H3. The molecule has 0 aliphatic heterocycles. The number of pyridine rings is 1. The van der Waals surface area contributed by atoms with Gasteiger partial charge in [0, 0.05) is 24.3 Å². The van der Waals surface area contributed by atoms with E-state index in [-0.39, 0.29) is 5.82 Å². The zero-order chi connectivity index (χ0) is 14.4. The van der Waals surface area contributed by atoms with Crippen molar-refractivity contribution in [2.75, 3.05) is 0 Å². The number of aromatic nitrogens is 1. The molecule has 0 radical (unpaired) electrons. The number of ether oxygens (including phenoxy) is 1. The molecule has 20 heavy (non-hydrogen) atoms. The Hall–Kier alpha value is -1.94. The lowest BCUT2D eigenvalue weighted by Crippen LogP contribution is -2.21. The fraction of sp³-hybridized carbons (Fsp3) is 0.312. The second-order valence-corrected chi connectivity index (χ2v) is 4.98. The minimum absolute atomic E-state index is 0.314. The van der Waals surface area contributed by atoms with Crippen molar-refractivity contribution in [3.8, 4) is 5.75 Å². The van der Waals surface area contributed by atoms with E-state index in [1.54, 1.807) is 6.20 Å². The van der Waals surface area contributed by atoms with E-state index in [9.17, 15) is 4.39 Å². The molecule has 0 spiro atoms. The summed E-state index contributed by atoms with van der Waals surface area (Å²) in [5, 5.41) is 3.35. The predicted molar refractivity (Wildman–Crippen MR) is 76.9 cm³/mol. The molecular formula is C16H19FN2O. The van der Waals surface area contributed by atoms with Crippen molar-refractivity contribution in [3.05, 3.63) is 59.7 Å². The molecule has 1 N–H and O–H groups in total. The van der Waals surface area contributed by atoms with Gasteiger partial charge in [-0.2, -0.15) is 0 Å². The molecule has 2 rings (SSSR count). The van der Waals surface area contributed by atoms with Crippen LogP contribution < -0.4 is 10.1 Å². The Morgan fingerprint density at radius 1 is 1.15 bits per heavy atom. The summed E-state index contributed by atoms with van der Waals surface area (Å²) in [7, 11) is 0. The van der Waals surface area contributed by atoms with E-state index >= 15 is 0 Å². The second-order valence-electron chi connectivity index (χ2n) is 4.98. The van der Waals surface area contributed by atoms with Gasteiger partial charge < -0.3 is 10.1 Å². The summed E-state index contributed by atoms with van der Waals surface area (Å²) in [4.78, 5) is 3.79. The highest BCUT2D eigenvalue weighted by Gasteiger charge is 2.00. The van der Waals surface area contributed by atoms with E-state index in [1.165, 1.54) is 17.8 Å². The van der Waals surface area contributed by atoms with E-state index in [0.29, 0.717) is 12.6 Å². The molecule has 0 fully saturated rings. The Bertz CT molecular complexity index is 540. The zero-order valence-electron chi connectivity index (χ0n) is 11.8. The van der Waals surface area contributed by atoms with Crippen LogP contribution in [0, 0.1) is 5.82 Å². The van der Waals surface area contributed by atoms with E-state index in [0.717, 1.165) is 17.9 Å². The van der Waals surface area contributed by atoms with Crippen molar-refractivity contribution < 1.29 is 9.13 Å². The van der Waals surface area contributed by atoms with Gasteiger partial charge in [-0.3, -0.25) is 4.98 Å². The quantitative estimate of drug-likeness (QED) is 0.877. The summed E-state index contributed by atoms with van der Waals surface area (Å²) >= 11 is 0. The fourth-order valence-electron chi connectivity index (χ4n) is 1.73. The first-order chi connectivity index (χ1) is 9.63. The molecule has 0 saturated heterocycles. The minimum atomic E-state index is -0.346. The Labute approximate surface area is 118 Å². The summed E-state index contributed by atoms with van der Waals surface area (Å²) in [6, 6.07) is 9.77. The van der Waals surface area contributed by atoms with Crippen molar-refractivity contribution in [1.29, 1.82) is 0 Å². The normalized spacial score (nSPS) is 10.8. The lowest BCUT2D eigenvalue weighted by atomic mass is 10.2. The lowest BCUT2D eigenvalue weighted by Gasteiger charge is -2.09. The fourth-order valence-corrected chi connectivity index (χ4v) is 1.73. The van der Waals surface area contributed by atoms with E-state index in [1.807, 2.05) is 24.3 Å². The largest absolute Gasteiger partial charge is 0.489 e. The van der Waals surface area contributed by atoms with E-state index < -0.39 is 0 Å². The third kappa shape index (κ3) is 4.63. The maximum absolute atomic E-state index is 13.0. The molecule has 0 atom stereocenters. The molecule has 2 aromatic rings. The minimum Gasteiger partial charge on any atom is -0.489 e. The molecule has 4 heteroatoms. The van der Waals surface area contributed by atoms with Crippen molar-refractivity contribution in [2.24, 2.45) is 0 Å². The van der Waals surface area contributed by atoms with Gasteiger partial charge in [0.25, 0.3) is 0 Å².